The van der Waals surface area contributed by atoms with Gasteiger partial charge in [-0.3, -0.25) is 9.88 Å². The van der Waals surface area contributed by atoms with Crippen LogP contribution in [0.25, 0.3) is 0 Å². The lowest BCUT2D eigenvalue weighted by Crippen LogP contribution is -2.26. The van der Waals surface area contributed by atoms with Gasteiger partial charge in [0.2, 0.25) is 0 Å². The van der Waals surface area contributed by atoms with Crippen molar-refractivity contribution >= 4 is 11.5 Å². The van der Waals surface area contributed by atoms with E-state index in [9.17, 15) is 0 Å². The standard InChI is InChI=1S/C18H25N5/c1-14-15(4-2-9-20-14)13-23-10-3-5-16(8-11-23)22-17-6-7-18(19)21-12-17/h2,4,6-7,9,12,16,22H,3,5,8,10-11,13H2,1H3,(H2,19,21)/t16-/m1/s1. The molecule has 0 aromatic carbocycles. The van der Waals surface area contributed by atoms with E-state index in [-0.39, 0.29) is 0 Å². The van der Waals surface area contributed by atoms with E-state index >= 15 is 0 Å². The average Bonchev–Trinajstić information content (AvgIpc) is 2.77. The van der Waals surface area contributed by atoms with Crippen molar-refractivity contribution in [2.75, 3.05) is 24.1 Å². The molecular weight excluding hydrogens is 286 g/mol. The summed E-state index contributed by atoms with van der Waals surface area (Å²) in [6.07, 6.45) is 7.22. The molecule has 0 aliphatic carbocycles. The van der Waals surface area contributed by atoms with Gasteiger partial charge in [0.15, 0.2) is 0 Å². The molecule has 0 spiro atoms. The van der Waals surface area contributed by atoms with Crippen molar-refractivity contribution in [3.63, 3.8) is 0 Å². The van der Waals surface area contributed by atoms with Gasteiger partial charge in [0, 0.05) is 31.0 Å². The molecule has 3 rings (SSSR count). The molecule has 1 atom stereocenters. The molecule has 1 fully saturated rings. The van der Waals surface area contributed by atoms with E-state index < -0.39 is 0 Å². The maximum atomic E-state index is 5.64. The van der Waals surface area contributed by atoms with E-state index in [1.807, 2.05) is 30.6 Å². The molecule has 0 bridgehead atoms. The number of nitrogens with one attached hydrogen (secondary N) is 1. The minimum absolute atomic E-state index is 0.500. The zero-order valence-corrected chi connectivity index (χ0v) is 13.7. The molecule has 3 N–H and O–H groups in total. The Labute approximate surface area is 137 Å². The van der Waals surface area contributed by atoms with Crippen molar-refractivity contribution in [3.8, 4) is 0 Å². The van der Waals surface area contributed by atoms with Crippen LogP contribution in [0.15, 0.2) is 36.7 Å². The number of anilines is 2. The summed E-state index contributed by atoms with van der Waals surface area (Å²) in [5.74, 6) is 0.564. The van der Waals surface area contributed by atoms with Crippen LogP contribution in [0.4, 0.5) is 11.5 Å². The van der Waals surface area contributed by atoms with Gasteiger partial charge in [0.05, 0.1) is 11.9 Å². The predicted octanol–water partition coefficient (Wildman–Crippen LogP) is 2.83. The van der Waals surface area contributed by atoms with Gasteiger partial charge >= 0.3 is 0 Å². The number of pyridine rings is 2. The van der Waals surface area contributed by atoms with Gasteiger partial charge in [0.25, 0.3) is 0 Å². The van der Waals surface area contributed by atoms with Crippen LogP contribution in [0.1, 0.15) is 30.5 Å². The van der Waals surface area contributed by atoms with Crippen LogP contribution < -0.4 is 11.1 Å². The number of hydrogen-bond acceptors (Lipinski definition) is 5. The third kappa shape index (κ3) is 4.42. The van der Waals surface area contributed by atoms with Gasteiger partial charge in [0.1, 0.15) is 5.82 Å². The summed E-state index contributed by atoms with van der Waals surface area (Å²) >= 11 is 0. The molecule has 122 valence electrons. The van der Waals surface area contributed by atoms with E-state index in [0.717, 1.165) is 37.4 Å². The molecule has 1 aliphatic rings. The van der Waals surface area contributed by atoms with Crippen molar-refractivity contribution in [1.82, 2.24) is 14.9 Å². The van der Waals surface area contributed by atoms with Crippen molar-refractivity contribution in [1.29, 1.82) is 0 Å². The average molecular weight is 311 g/mol. The maximum absolute atomic E-state index is 5.64. The first-order chi connectivity index (χ1) is 11.2. The van der Waals surface area contributed by atoms with Crippen molar-refractivity contribution in [3.05, 3.63) is 47.9 Å². The fourth-order valence-corrected chi connectivity index (χ4v) is 3.11. The normalized spacial score (nSPS) is 19.3. The van der Waals surface area contributed by atoms with E-state index in [0.29, 0.717) is 11.9 Å². The van der Waals surface area contributed by atoms with Crippen LogP contribution in [0, 0.1) is 6.92 Å². The fraction of sp³-hybridized carbons (Fsp3) is 0.444. The number of nitrogens with two attached hydrogens (primary N) is 1. The molecule has 2 aromatic heterocycles. The monoisotopic (exact) mass is 311 g/mol. The van der Waals surface area contributed by atoms with Gasteiger partial charge < -0.3 is 11.1 Å². The molecule has 0 radical (unpaired) electrons. The van der Waals surface area contributed by atoms with Gasteiger partial charge in [-0.15, -0.1) is 0 Å². The van der Waals surface area contributed by atoms with Gasteiger partial charge in [-0.1, -0.05) is 6.07 Å². The Morgan fingerprint density at radius 2 is 2.13 bits per heavy atom. The second-order valence-corrected chi connectivity index (χ2v) is 6.27. The fourth-order valence-electron chi connectivity index (χ4n) is 3.11. The third-order valence-corrected chi connectivity index (χ3v) is 4.49. The Hall–Kier alpha value is -2.14. The van der Waals surface area contributed by atoms with Crippen LogP contribution in [0.3, 0.4) is 0 Å². The first-order valence-electron chi connectivity index (χ1n) is 8.31. The topological polar surface area (TPSA) is 67.1 Å². The summed E-state index contributed by atoms with van der Waals surface area (Å²) in [5, 5.41) is 3.59. The molecule has 5 nitrogen and oxygen atoms in total. The number of aryl methyl sites for hydroxylation is 1. The van der Waals surface area contributed by atoms with E-state index in [2.05, 4.69) is 33.2 Å². The number of rotatable bonds is 4. The second kappa shape index (κ2) is 7.42. The molecule has 0 saturated carbocycles. The summed E-state index contributed by atoms with van der Waals surface area (Å²) in [7, 11) is 0. The molecule has 23 heavy (non-hydrogen) atoms. The molecule has 2 aromatic rings. The highest BCUT2D eigenvalue weighted by molar-refractivity contribution is 5.46. The van der Waals surface area contributed by atoms with E-state index in [1.165, 1.54) is 18.4 Å². The Bertz CT molecular complexity index is 626. The smallest absolute Gasteiger partial charge is 0.123 e. The molecular formula is C18H25N5. The Balaban J connectivity index is 1.55. The van der Waals surface area contributed by atoms with E-state index in [1.54, 1.807) is 0 Å². The lowest BCUT2D eigenvalue weighted by Gasteiger charge is -2.21. The van der Waals surface area contributed by atoms with Gasteiger partial charge in [-0.25, -0.2) is 4.98 Å². The second-order valence-electron chi connectivity index (χ2n) is 6.27. The highest BCUT2D eigenvalue weighted by Crippen LogP contribution is 2.18. The van der Waals surface area contributed by atoms with Crippen molar-refractivity contribution in [2.24, 2.45) is 0 Å². The Morgan fingerprint density at radius 1 is 1.22 bits per heavy atom. The van der Waals surface area contributed by atoms with Gasteiger partial charge in [-0.05, 0) is 56.5 Å². The summed E-state index contributed by atoms with van der Waals surface area (Å²) in [4.78, 5) is 11.1. The predicted molar refractivity (Wildman–Crippen MR) is 94.2 cm³/mol. The zero-order chi connectivity index (χ0) is 16.1. The number of nitrogen functional groups attached to an aromatic ring is 1. The highest BCUT2D eigenvalue weighted by Gasteiger charge is 2.17. The quantitative estimate of drug-likeness (QED) is 0.909. The third-order valence-electron chi connectivity index (χ3n) is 4.49. The number of nitrogens with zero attached hydrogens (tertiary/aromatic N) is 3. The summed E-state index contributed by atoms with van der Waals surface area (Å²) in [5.41, 5.74) is 9.17. The first kappa shape index (κ1) is 15.7. The summed E-state index contributed by atoms with van der Waals surface area (Å²) in [6.45, 7) is 5.34. The SMILES string of the molecule is Cc1ncccc1CN1CCC[C@@H](Nc2ccc(N)nc2)CC1. The lowest BCUT2D eigenvalue weighted by atomic mass is 10.1. The molecule has 5 heteroatoms. The number of likely N-dealkylation sites (tertiary alicyclic amines) is 1. The first-order valence-corrected chi connectivity index (χ1v) is 8.31. The van der Waals surface area contributed by atoms with Crippen molar-refractivity contribution < 1.29 is 0 Å². The Morgan fingerprint density at radius 3 is 2.91 bits per heavy atom. The van der Waals surface area contributed by atoms with Crippen LogP contribution in [-0.2, 0) is 6.54 Å². The summed E-state index contributed by atoms with van der Waals surface area (Å²) < 4.78 is 0. The highest BCUT2D eigenvalue weighted by atomic mass is 15.1. The van der Waals surface area contributed by atoms with Crippen LogP contribution in [0.2, 0.25) is 0 Å². The molecule has 0 unspecified atom stereocenters. The van der Waals surface area contributed by atoms with Crippen LogP contribution >= 0.6 is 0 Å². The molecule has 1 aliphatic heterocycles. The number of hydrogen-bond donors (Lipinski definition) is 2. The minimum Gasteiger partial charge on any atom is -0.384 e. The van der Waals surface area contributed by atoms with Crippen molar-refractivity contribution in [2.45, 2.75) is 38.8 Å². The largest absolute Gasteiger partial charge is 0.384 e. The Kier molecular flexibility index (Phi) is 5.08. The van der Waals surface area contributed by atoms with E-state index in [4.69, 9.17) is 5.73 Å². The lowest BCUT2D eigenvalue weighted by molar-refractivity contribution is 0.275. The minimum atomic E-state index is 0.500. The van der Waals surface area contributed by atoms with Crippen LogP contribution in [-0.4, -0.2) is 34.0 Å². The van der Waals surface area contributed by atoms with Gasteiger partial charge in [-0.2, -0.15) is 0 Å². The zero-order valence-electron chi connectivity index (χ0n) is 13.7. The molecule has 1 saturated heterocycles. The number of aromatic nitrogens is 2. The maximum Gasteiger partial charge on any atom is 0.123 e. The van der Waals surface area contributed by atoms with Crippen LogP contribution in [0.5, 0.6) is 0 Å². The summed E-state index contributed by atoms with van der Waals surface area (Å²) in [6, 6.07) is 8.56. The molecule has 0 amide bonds. The molecule has 3 heterocycles.